The first kappa shape index (κ1) is 15.0. The number of fused-ring (bicyclic) bond motifs is 1. The normalized spacial score (nSPS) is 29.0. The van der Waals surface area contributed by atoms with Gasteiger partial charge in [0, 0.05) is 37.9 Å². The molecule has 0 aromatic carbocycles. The maximum absolute atomic E-state index is 9.48. The van der Waals surface area contributed by atoms with Crippen molar-refractivity contribution in [3.8, 4) is 6.07 Å². The lowest BCUT2D eigenvalue weighted by Gasteiger charge is -2.48. The number of piperazine rings is 1. The molecular formula is C15H24N4O. The van der Waals surface area contributed by atoms with Gasteiger partial charge >= 0.3 is 0 Å². The topological polar surface area (TPSA) is 62.9 Å². The molecule has 0 amide bonds. The van der Waals surface area contributed by atoms with Gasteiger partial charge < -0.3 is 10.0 Å². The van der Waals surface area contributed by atoms with E-state index >= 15 is 0 Å². The van der Waals surface area contributed by atoms with Crippen LogP contribution in [0.15, 0.2) is 16.4 Å². The van der Waals surface area contributed by atoms with Crippen LogP contribution in [0.5, 0.6) is 0 Å². The molecule has 1 N–H and O–H groups in total. The third kappa shape index (κ3) is 3.02. The molecule has 5 nitrogen and oxygen atoms in total. The summed E-state index contributed by atoms with van der Waals surface area (Å²) in [5, 5.41) is 18.6. The monoisotopic (exact) mass is 276 g/mol. The Morgan fingerprint density at radius 3 is 2.90 bits per heavy atom. The quantitative estimate of drug-likeness (QED) is 0.624. The van der Waals surface area contributed by atoms with Gasteiger partial charge in [0.1, 0.15) is 5.82 Å². The number of aliphatic hydroxyl groups excluding tert-OH is 1. The summed E-state index contributed by atoms with van der Waals surface area (Å²) in [5.74, 6) is 0.806. The lowest BCUT2D eigenvalue weighted by Crippen LogP contribution is -2.58. The average molecular weight is 276 g/mol. The van der Waals surface area contributed by atoms with Crippen molar-refractivity contribution in [1.82, 2.24) is 9.80 Å². The predicted molar refractivity (Wildman–Crippen MR) is 79.3 cm³/mol. The van der Waals surface area contributed by atoms with E-state index in [2.05, 4.69) is 20.9 Å². The Hall–Kier alpha value is -1.38. The highest BCUT2D eigenvalue weighted by Crippen LogP contribution is 2.28. The second kappa shape index (κ2) is 6.87. The molecule has 2 aliphatic rings. The van der Waals surface area contributed by atoms with Crippen LogP contribution in [0.4, 0.5) is 0 Å². The second-order valence-electron chi connectivity index (χ2n) is 5.55. The minimum atomic E-state index is 0.254. The third-order valence-electron chi connectivity index (χ3n) is 4.34. The van der Waals surface area contributed by atoms with E-state index in [1.54, 1.807) is 6.21 Å². The fraction of sp³-hybridized carbons (Fsp3) is 0.733. The van der Waals surface area contributed by atoms with Crippen molar-refractivity contribution in [1.29, 1.82) is 5.26 Å². The van der Waals surface area contributed by atoms with E-state index in [1.807, 2.05) is 13.8 Å². The number of allylic oxidation sites excluding steroid dienone is 1. The number of aliphatic imine (C=N–C) groups is 1. The van der Waals surface area contributed by atoms with Crippen LogP contribution in [-0.4, -0.2) is 59.4 Å². The summed E-state index contributed by atoms with van der Waals surface area (Å²) in [6.45, 7) is 6.68. The SMILES string of the molecule is C/C=N\C(=C(/C)C#N)N1CCN2[C@@H](CO)CCC[C@H]2C1. The van der Waals surface area contributed by atoms with Gasteiger partial charge in [-0.1, -0.05) is 6.42 Å². The molecular weight excluding hydrogens is 252 g/mol. The third-order valence-corrected chi connectivity index (χ3v) is 4.34. The van der Waals surface area contributed by atoms with E-state index in [0.29, 0.717) is 17.7 Å². The Morgan fingerprint density at radius 1 is 1.45 bits per heavy atom. The molecule has 0 unspecified atom stereocenters. The first-order valence-corrected chi connectivity index (χ1v) is 7.42. The Balaban J connectivity index is 2.13. The van der Waals surface area contributed by atoms with Crippen molar-refractivity contribution >= 4 is 6.21 Å². The molecule has 0 bridgehead atoms. The zero-order valence-electron chi connectivity index (χ0n) is 12.4. The van der Waals surface area contributed by atoms with Crippen LogP contribution in [0, 0.1) is 11.3 Å². The molecule has 0 spiro atoms. The number of rotatable bonds is 3. The molecule has 0 saturated carbocycles. The van der Waals surface area contributed by atoms with Crippen molar-refractivity contribution in [3.63, 3.8) is 0 Å². The van der Waals surface area contributed by atoms with Gasteiger partial charge in [-0.15, -0.1) is 0 Å². The number of nitriles is 1. The van der Waals surface area contributed by atoms with Crippen molar-refractivity contribution in [2.75, 3.05) is 26.2 Å². The van der Waals surface area contributed by atoms with Crippen LogP contribution in [0.2, 0.25) is 0 Å². The number of hydrogen-bond donors (Lipinski definition) is 1. The second-order valence-corrected chi connectivity index (χ2v) is 5.55. The number of aliphatic hydroxyl groups is 1. The highest BCUT2D eigenvalue weighted by Gasteiger charge is 2.35. The lowest BCUT2D eigenvalue weighted by atomic mass is 9.93. The highest BCUT2D eigenvalue weighted by molar-refractivity contribution is 5.55. The van der Waals surface area contributed by atoms with Crippen LogP contribution < -0.4 is 0 Å². The Labute approximate surface area is 121 Å². The van der Waals surface area contributed by atoms with E-state index in [-0.39, 0.29) is 6.61 Å². The molecule has 0 aromatic rings. The number of nitrogens with zero attached hydrogens (tertiary/aromatic N) is 4. The van der Waals surface area contributed by atoms with Gasteiger partial charge in [-0.2, -0.15) is 5.26 Å². The summed E-state index contributed by atoms with van der Waals surface area (Å²) in [6, 6.07) is 3.00. The number of piperidine rings is 1. The van der Waals surface area contributed by atoms with Gasteiger partial charge in [-0.3, -0.25) is 4.90 Å². The Morgan fingerprint density at radius 2 is 2.25 bits per heavy atom. The molecule has 2 atom stereocenters. The van der Waals surface area contributed by atoms with Gasteiger partial charge in [-0.25, -0.2) is 4.99 Å². The highest BCUT2D eigenvalue weighted by atomic mass is 16.3. The number of hydrogen-bond acceptors (Lipinski definition) is 5. The maximum Gasteiger partial charge on any atom is 0.141 e. The van der Waals surface area contributed by atoms with Crippen molar-refractivity contribution in [2.24, 2.45) is 4.99 Å². The summed E-state index contributed by atoms with van der Waals surface area (Å²) in [7, 11) is 0. The molecule has 0 radical (unpaired) electrons. The van der Waals surface area contributed by atoms with Crippen LogP contribution >= 0.6 is 0 Å². The molecule has 2 aliphatic heterocycles. The Kier molecular flexibility index (Phi) is 5.16. The molecule has 5 heteroatoms. The molecule has 2 fully saturated rings. The molecule has 0 aliphatic carbocycles. The van der Waals surface area contributed by atoms with E-state index in [1.165, 1.54) is 12.8 Å². The minimum Gasteiger partial charge on any atom is -0.395 e. The van der Waals surface area contributed by atoms with E-state index in [9.17, 15) is 5.11 Å². The summed E-state index contributed by atoms with van der Waals surface area (Å²) >= 11 is 0. The van der Waals surface area contributed by atoms with E-state index in [0.717, 1.165) is 31.9 Å². The molecule has 2 saturated heterocycles. The zero-order valence-corrected chi connectivity index (χ0v) is 12.4. The Bertz CT molecular complexity index is 438. The smallest absolute Gasteiger partial charge is 0.141 e. The molecule has 2 rings (SSSR count). The van der Waals surface area contributed by atoms with Crippen LogP contribution in [0.1, 0.15) is 33.1 Å². The largest absolute Gasteiger partial charge is 0.395 e. The summed E-state index contributed by atoms with van der Waals surface area (Å²) in [6.07, 6.45) is 5.19. The molecule has 20 heavy (non-hydrogen) atoms. The molecule has 110 valence electrons. The summed E-state index contributed by atoms with van der Waals surface area (Å²) in [4.78, 5) is 9.05. The first-order valence-electron chi connectivity index (χ1n) is 7.42. The van der Waals surface area contributed by atoms with Gasteiger partial charge in [0.2, 0.25) is 0 Å². The molecule has 2 heterocycles. The van der Waals surface area contributed by atoms with E-state index in [4.69, 9.17) is 5.26 Å². The fourth-order valence-electron chi connectivity index (χ4n) is 3.34. The van der Waals surface area contributed by atoms with Gasteiger partial charge in [0.05, 0.1) is 18.2 Å². The van der Waals surface area contributed by atoms with Crippen molar-refractivity contribution in [2.45, 2.75) is 45.2 Å². The van der Waals surface area contributed by atoms with Crippen molar-refractivity contribution in [3.05, 3.63) is 11.4 Å². The van der Waals surface area contributed by atoms with Gasteiger partial charge in [-0.05, 0) is 26.7 Å². The van der Waals surface area contributed by atoms with Gasteiger partial charge in [0.15, 0.2) is 0 Å². The van der Waals surface area contributed by atoms with Gasteiger partial charge in [0.25, 0.3) is 0 Å². The first-order chi connectivity index (χ1) is 9.71. The minimum absolute atomic E-state index is 0.254. The van der Waals surface area contributed by atoms with Crippen LogP contribution in [0.25, 0.3) is 0 Å². The summed E-state index contributed by atoms with van der Waals surface area (Å²) < 4.78 is 0. The standard InChI is InChI=1S/C15H24N4O/c1-3-17-15(12(2)9-16)18-7-8-19-13(10-18)5-4-6-14(19)11-20/h3,13-14,20H,4-8,10-11H2,1-2H3/b15-12-,17-3-/t13-,14+/m0/s1. The van der Waals surface area contributed by atoms with Crippen LogP contribution in [-0.2, 0) is 0 Å². The summed E-state index contributed by atoms with van der Waals surface area (Å²) in [5.41, 5.74) is 0.672. The fourth-order valence-corrected chi connectivity index (χ4v) is 3.34. The van der Waals surface area contributed by atoms with Crippen molar-refractivity contribution < 1.29 is 5.11 Å². The average Bonchev–Trinajstić information content (AvgIpc) is 2.50. The predicted octanol–water partition coefficient (Wildman–Crippen LogP) is 1.36. The lowest BCUT2D eigenvalue weighted by molar-refractivity contribution is -0.000983. The van der Waals surface area contributed by atoms with E-state index < -0.39 is 0 Å². The molecule has 0 aromatic heterocycles. The maximum atomic E-state index is 9.48. The van der Waals surface area contributed by atoms with Crippen LogP contribution in [0.3, 0.4) is 0 Å². The zero-order chi connectivity index (χ0) is 14.5.